The summed E-state index contributed by atoms with van der Waals surface area (Å²) >= 11 is 4.61. The smallest absolute Gasteiger partial charge is 0.184 e. The lowest BCUT2D eigenvalue weighted by Crippen LogP contribution is -2.23. The highest BCUT2D eigenvalue weighted by atomic mass is 32.1. The van der Waals surface area contributed by atoms with Gasteiger partial charge in [0, 0.05) is 6.21 Å². The Labute approximate surface area is 98.5 Å². The van der Waals surface area contributed by atoms with E-state index in [2.05, 4.69) is 29.7 Å². The molecule has 0 heterocycles. The maximum absolute atomic E-state index is 5.21. The van der Waals surface area contributed by atoms with Crippen LogP contribution in [0.3, 0.4) is 0 Å². The van der Waals surface area contributed by atoms with Crippen molar-refractivity contribution < 1.29 is 0 Å². The molecular weight excluding hydrogens is 206 g/mol. The molecule has 0 rings (SSSR count). The fraction of sp³-hybridized carbons (Fsp3) is 0.818. The third kappa shape index (κ3) is 13.4. The van der Waals surface area contributed by atoms with E-state index in [1.165, 1.54) is 44.9 Å². The number of nitrogens with one attached hydrogen (secondary N) is 1. The highest BCUT2D eigenvalue weighted by molar-refractivity contribution is 7.80. The zero-order valence-corrected chi connectivity index (χ0v) is 10.5. The summed E-state index contributed by atoms with van der Waals surface area (Å²) in [7, 11) is 0. The monoisotopic (exact) mass is 229 g/mol. The molecular formula is C11H23N3S. The van der Waals surface area contributed by atoms with Crippen LogP contribution in [0.1, 0.15) is 58.3 Å². The summed E-state index contributed by atoms with van der Waals surface area (Å²) in [5, 5.41) is 4.10. The van der Waals surface area contributed by atoms with Crippen LogP contribution in [0.5, 0.6) is 0 Å². The number of hydrogen-bond donors (Lipinski definition) is 2. The average Bonchev–Trinajstić information content (AvgIpc) is 2.20. The van der Waals surface area contributed by atoms with E-state index in [-0.39, 0.29) is 5.11 Å². The quantitative estimate of drug-likeness (QED) is 0.277. The van der Waals surface area contributed by atoms with E-state index < -0.39 is 0 Å². The van der Waals surface area contributed by atoms with Gasteiger partial charge in [0.15, 0.2) is 5.11 Å². The molecule has 3 N–H and O–H groups in total. The first kappa shape index (κ1) is 14.4. The summed E-state index contributed by atoms with van der Waals surface area (Å²) in [5.74, 6) is 0. The molecule has 0 aliphatic carbocycles. The van der Waals surface area contributed by atoms with Gasteiger partial charge in [-0.15, -0.1) is 0 Å². The Morgan fingerprint density at radius 3 is 2.40 bits per heavy atom. The lowest BCUT2D eigenvalue weighted by Gasteiger charge is -1.98. The number of nitrogens with two attached hydrogens (primary N) is 1. The molecule has 3 nitrogen and oxygen atoms in total. The standard InChI is InChI=1S/C11H23N3S/c1-2-3-4-5-6-7-8-9-10-13-14-11(12)15/h10H,2-9H2,1H3,(H3,12,14,15). The maximum Gasteiger partial charge on any atom is 0.184 e. The van der Waals surface area contributed by atoms with E-state index in [4.69, 9.17) is 5.73 Å². The molecule has 0 aromatic heterocycles. The van der Waals surface area contributed by atoms with E-state index in [1.807, 2.05) is 6.21 Å². The topological polar surface area (TPSA) is 50.4 Å². The molecule has 0 bridgehead atoms. The fourth-order valence-corrected chi connectivity index (χ4v) is 1.42. The van der Waals surface area contributed by atoms with Crippen LogP contribution in [0.15, 0.2) is 5.10 Å². The molecule has 0 radical (unpaired) electrons. The molecule has 88 valence electrons. The molecule has 0 unspecified atom stereocenters. The Morgan fingerprint density at radius 2 is 1.80 bits per heavy atom. The van der Waals surface area contributed by atoms with Crippen molar-refractivity contribution >= 4 is 23.5 Å². The number of rotatable bonds is 9. The normalized spacial score (nSPS) is 10.7. The van der Waals surface area contributed by atoms with E-state index in [9.17, 15) is 0 Å². The molecule has 0 atom stereocenters. The summed E-state index contributed by atoms with van der Waals surface area (Å²) in [4.78, 5) is 0. The van der Waals surface area contributed by atoms with Gasteiger partial charge in [-0.2, -0.15) is 5.10 Å². The maximum atomic E-state index is 5.21. The van der Waals surface area contributed by atoms with Gasteiger partial charge in [0.2, 0.25) is 0 Å². The fourth-order valence-electron chi connectivity index (χ4n) is 1.37. The van der Waals surface area contributed by atoms with E-state index >= 15 is 0 Å². The van der Waals surface area contributed by atoms with Gasteiger partial charge >= 0.3 is 0 Å². The molecule has 0 saturated heterocycles. The first-order chi connectivity index (χ1) is 7.27. The van der Waals surface area contributed by atoms with Crippen molar-refractivity contribution in [2.75, 3.05) is 0 Å². The lowest BCUT2D eigenvalue weighted by atomic mass is 10.1. The third-order valence-corrected chi connectivity index (χ3v) is 2.29. The SMILES string of the molecule is CCCCCCCCCC=NNC(N)=S. The highest BCUT2D eigenvalue weighted by Gasteiger charge is 1.89. The number of hydrogen-bond acceptors (Lipinski definition) is 2. The van der Waals surface area contributed by atoms with Gasteiger partial charge in [0.25, 0.3) is 0 Å². The van der Waals surface area contributed by atoms with Gasteiger partial charge in [0.1, 0.15) is 0 Å². The zero-order chi connectivity index (χ0) is 11.4. The average molecular weight is 229 g/mol. The molecule has 4 heteroatoms. The molecule has 0 aromatic carbocycles. The first-order valence-electron chi connectivity index (χ1n) is 5.84. The van der Waals surface area contributed by atoms with E-state index in [0.29, 0.717) is 0 Å². The van der Waals surface area contributed by atoms with Crippen molar-refractivity contribution in [3.05, 3.63) is 0 Å². The van der Waals surface area contributed by atoms with Crippen LogP contribution in [0.25, 0.3) is 0 Å². The Bertz CT molecular complexity index is 181. The van der Waals surface area contributed by atoms with Crippen LogP contribution in [-0.4, -0.2) is 11.3 Å². The van der Waals surface area contributed by atoms with Crippen molar-refractivity contribution in [1.29, 1.82) is 0 Å². The van der Waals surface area contributed by atoms with Gasteiger partial charge in [0.05, 0.1) is 0 Å². The van der Waals surface area contributed by atoms with Crippen molar-refractivity contribution in [1.82, 2.24) is 5.43 Å². The Kier molecular flexibility index (Phi) is 10.9. The molecule has 0 saturated carbocycles. The molecule has 0 aliphatic heterocycles. The van der Waals surface area contributed by atoms with E-state index in [1.54, 1.807) is 0 Å². The van der Waals surface area contributed by atoms with Crippen molar-refractivity contribution in [3.8, 4) is 0 Å². The van der Waals surface area contributed by atoms with Gasteiger partial charge in [-0.25, -0.2) is 0 Å². The first-order valence-corrected chi connectivity index (χ1v) is 6.25. The molecule has 15 heavy (non-hydrogen) atoms. The van der Waals surface area contributed by atoms with Gasteiger partial charge < -0.3 is 5.73 Å². The number of hydrazone groups is 1. The van der Waals surface area contributed by atoms with Gasteiger partial charge in [-0.3, -0.25) is 5.43 Å². The largest absolute Gasteiger partial charge is 0.375 e. The number of thiocarbonyl (C=S) groups is 1. The van der Waals surface area contributed by atoms with Crippen LogP contribution in [0, 0.1) is 0 Å². The van der Waals surface area contributed by atoms with Gasteiger partial charge in [-0.05, 0) is 25.1 Å². The molecule has 0 aromatic rings. The van der Waals surface area contributed by atoms with Crippen LogP contribution in [-0.2, 0) is 0 Å². The van der Waals surface area contributed by atoms with Crippen LogP contribution in [0.4, 0.5) is 0 Å². The molecule has 0 amide bonds. The highest BCUT2D eigenvalue weighted by Crippen LogP contribution is 2.07. The molecule has 0 spiro atoms. The van der Waals surface area contributed by atoms with Crippen LogP contribution in [0.2, 0.25) is 0 Å². The molecule has 0 fully saturated rings. The van der Waals surface area contributed by atoms with Crippen LogP contribution >= 0.6 is 12.2 Å². The minimum Gasteiger partial charge on any atom is -0.375 e. The van der Waals surface area contributed by atoms with Crippen molar-refractivity contribution in [2.45, 2.75) is 58.3 Å². The Balaban J connectivity index is 3.04. The minimum absolute atomic E-state index is 0.228. The van der Waals surface area contributed by atoms with Gasteiger partial charge in [-0.1, -0.05) is 45.4 Å². The van der Waals surface area contributed by atoms with Crippen LogP contribution < -0.4 is 11.2 Å². The third-order valence-electron chi connectivity index (χ3n) is 2.20. The summed E-state index contributed by atoms with van der Waals surface area (Å²) < 4.78 is 0. The summed E-state index contributed by atoms with van der Waals surface area (Å²) in [6.07, 6.45) is 12.1. The number of unbranched alkanes of at least 4 members (excludes halogenated alkanes) is 7. The number of nitrogens with zero attached hydrogens (tertiary/aromatic N) is 1. The lowest BCUT2D eigenvalue weighted by molar-refractivity contribution is 0.596. The second-order valence-corrected chi connectivity index (χ2v) is 4.14. The van der Waals surface area contributed by atoms with E-state index in [0.717, 1.165) is 6.42 Å². The predicted octanol–water partition coefficient (Wildman–Crippen LogP) is 2.95. The minimum atomic E-state index is 0.228. The second kappa shape index (κ2) is 11.4. The summed E-state index contributed by atoms with van der Waals surface area (Å²) in [5.41, 5.74) is 7.75. The Hall–Kier alpha value is -0.640. The van der Waals surface area contributed by atoms with Crippen molar-refractivity contribution in [2.24, 2.45) is 10.8 Å². The summed E-state index contributed by atoms with van der Waals surface area (Å²) in [6, 6.07) is 0. The summed E-state index contributed by atoms with van der Waals surface area (Å²) in [6.45, 7) is 2.24. The Morgan fingerprint density at radius 1 is 1.20 bits per heavy atom. The molecule has 0 aliphatic rings. The second-order valence-electron chi connectivity index (χ2n) is 3.70. The zero-order valence-electron chi connectivity index (χ0n) is 9.67. The van der Waals surface area contributed by atoms with Crippen molar-refractivity contribution in [3.63, 3.8) is 0 Å². The predicted molar refractivity (Wildman–Crippen MR) is 71.0 cm³/mol.